The zero-order valence-corrected chi connectivity index (χ0v) is 12.9. The van der Waals surface area contributed by atoms with E-state index in [-0.39, 0.29) is 17.8 Å². The van der Waals surface area contributed by atoms with E-state index in [0.29, 0.717) is 5.75 Å². The summed E-state index contributed by atoms with van der Waals surface area (Å²) < 4.78 is 43.3. The van der Waals surface area contributed by atoms with Gasteiger partial charge in [0.25, 0.3) is 5.91 Å². The molecule has 0 aliphatic heterocycles. The first kappa shape index (κ1) is 16.9. The molecule has 0 atom stereocenters. The first-order chi connectivity index (χ1) is 10.7. The molecule has 1 N–H and O–H groups in total. The Bertz CT molecular complexity index is 710. The number of methoxy groups -OCH3 is 1. The lowest BCUT2D eigenvalue weighted by atomic mass is 10.1. The highest BCUT2D eigenvalue weighted by Gasteiger charge is 2.37. The maximum atomic E-state index is 12.7. The molecule has 23 heavy (non-hydrogen) atoms. The second-order valence-corrected chi connectivity index (χ2v) is 5.08. The zero-order valence-electron chi connectivity index (χ0n) is 12.9. The fourth-order valence-corrected chi connectivity index (χ4v) is 2.18. The number of nitrogens with zero attached hydrogens (tertiary/aromatic N) is 2. The number of carbonyl (C=O) groups excluding carboxylic acids is 1. The number of halogens is 3. The minimum Gasteiger partial charge on any atom is -0.497 e. The number of aromatic amines is 1. The molecule has 0 bridgehead atoms. The topological polar surface area (TPSA) is 58.2 Å². The number of nitrogens with one attached hydrogen (secondary N) is 1. The molecule has 0 aliphatic carbocycles. The van der Waals surface area contributed by atoms with Crippen molar-refractivity contribution in [2.45, 2.75) is 19.6 Å². The third kappa shape index (κ3) is 3.64. The van der Waals surface area contributed by atoms with Crippen molar-refractivity contribution in [1.82, 2.24) is 15.1 Å². The van der Waals surface area contributed by atoms with Gasteiger partial charge in [-0.2, -0.15) is 18.3 Å². The number of ether oxygens (including phenoxy) is 1. The Balaban J connectivity index is 2.18. The third-order valence-corrected chi connectivity index (χ3v) is 3.40. The van der Waals surface area contributed by atoms with Crippen molar-refractivity contribution >= 4 is 5.91 Å². The predicted octanol–water partition coefficient (Wildman–Crippen LogP) is 3.02. The van der Waals surface area contributed by atoms with E-state index >= 15 is 0 Å². The standard InChI is InChI=1S/C15H16F3N3O2/c1-9-12(19-20-13(9)15(16,17)18)14(22)21(2)8-10-5-4-6-11(7-10)23-3/h4-7H,8H2,1-3H3,(H,19,20). The van der Waals surface area contributed by atoms with Gasteiger partial charge in [0.05, 0.1) is 7.11 Å². The molecule has 0 saturated heterocycles. The zero-order chi connectivity index (χ0) is 17.2. The Morgan fingerprint density at radius 3 is 2.65 bits per heavy atom. The van der Waals surface area contributed by atoms with E-state index in [1.807, 2.05) is 5.10 Å². The van der Waals surface area contributed by atoms with Gasteiger partial charge in [-0.3, -0.25) is 9.89 Å². The van der Waals surface area contributed by atoms with Crippen LogP contribution in [0.1, 0.15) is 27.3 Å². The van der Waals surface area contributed by atoms with Crippen molar-refractivity contribution in [2.75, 3.05) is 14.2 Å². The molecule has 2 rings (SSSR count). The Morgan fingerprint density at radius 2 is 2.09 bits per heavy atom. The van der Waals surface area contributed by atoms with Gasteiger partial charge in [0.2, 0.25) is 0 Å². The van der Waals surface area contributed by atoms with Crippen molar-refractivity contribution in [3.05, 3.63) is 46.8 Å². The fourth-order valence-electron chi connectivity index (χ4n) is 2.18. The maximum absolute atomic E-state index is 12.7. The van der Waals surface area contributed by atoms with Gasteiger partial charge < -0.3 is 9.64 Å². The van der Waals surface area contributed by atoms with E-state index < -0.39 is 17.8 Å². The van der Waals surface area contributed by atoms with Crippen LogP contribution in [0.5, 0.6) is 5.75 Å². The molecule has 1 heterocycles. The number of amides is 1. The second-order valence-electron chi connectivity index (χ2n) is 5.08. The molecular formula is C15H16F3N3O2. The molecule has 1 aromatic carbocycles. The Hall–Kier alpha value is -2.51. The molecule has 0 aliphatic rings. The van der Waals surface area contributed by atoms with Gasteiger partial charge >= 0.3 is 6.18 Å². The van der Waals surface area contributed by atoms with Gasteiger partial charge in [-0.15, -0.1) is 0 Å². The van der Waals surface area contributed by atoms with Gasteiger partial charge in [-0.25, -0.2) is 0 Å². The van der Waals surface area contributed by atoms with Gasteiger partial charge in [0.1, 0.15) is 11.4 Å². The number of benzene rings is 1. The van der Waals surface area contributed by atoms with E-state index in [1.54, 1.807) is 24.3 Å². The molecule has 124 valence electrons. The summed E-state index contributed by atoms with van der Waals surface area (Å²) in [5.41, 5.74) is -0.650. The van der Waals surface area contributed by atoms with Crippen LogP contribution in [-0.2, 0) is 12.7 Å². The quantitative estimate of drug-likeness (QED) is 0.939. The average Bonchev–Trinajstić information content (AvgIpc) is 2.88. The number of carbonyl (C=O) groups is 1. The van der Waals surface area contributed by atoms with Crippen LogP contribution in [-0.4, -0.2) is 35.2 Å². The number of hydrogen-bond donors (Lipinski definition) is 1. The minimum absolute atomic E-state index is 0.208. The van der Waals surface area contributed by atoms with Crippen LogP contribution in [0, 0.1) is 6.92 Å². The summed E-state index contributed by atoms with van der Waals surface area (Å²) in [6.07, 6.45) is -4.57. The van der Waals surface area contributed by atoms with Crippen LogP contribution in [0.3, 0.4) is 0 Å². The molecular weight excluding hydrogens is 311 g/mol. The highest BCUT2D eigenvalue weighted by atomic mass is 19.4. The average molecular weight is 327 g/mol. The summed E-state index contributed by atoms with van der Waals surface area (Å²) in [6.45, 7) is 1.45. The molecule has 0 spiro atoms. The maximum Gasteiger partial charge on any atom is 0.433 e. The molecule has 0 unspecified atom stereocenters. The van der Waals surface area contributed by atoms with Crippen molar-refractivity contribution in [2.24, 2.45) is 0 Å². The van der Waals surface area contributed by atoms with Gasteiger partial charge in [-0.1, -0.05) is 12.1 Å². The largest absolute Gasteiger partial charge is 0.497 e. The summed E-state index contributed by atoms with van der Waals surface area (Å²) in [4.78, 5) is 13.6. The summed E-state index contributed by atoms with van der Waals surface area (Å²) in [6, 6.07) is 7.08. The first-order valence-electron chi connectivity index (χ1n) is 6.74. The molecule has 2 aromatic rings. The van der Waals surface area contributed by atoms with Crippen LogP contribution >= 0.6 is 0 Å². The van der Waals surface area contributed by atoms with Crippen LogP contribution in [0.15, 0.2) is 24.3 Å². The summed E-state index contributed by atoms with van der Waals surface area (Å²) in [5, 5.41) is 5.41. The monoisotopic (exact) mass is 327 g/mol. The smallest absolute Gasteiger partial charge is 0.433 e. The normalized spacial score (nSPS) is 11.4. The molecule has 1 amide bonds. The lowest BCUT2D eigenvalue weighted by molar-refractivity contribution is -0.141. The minimum atomic E-state index is -4.57. The molecule has 5 nitrogen and oxygen atoms in total. The Labute approximate surface area is 131 Å². The summed E-state index contributed by atoms with van der Waals surface area (Å²) >= 11 is 0. The lowest BCUT2D eigenvalue weighted by Gasteiger charge is -2.17. The second kappa shape index (κ2) is 6.31. The lowest BCUT2D eigenvalue weighted by Crippen LogP contribution is -2.27. The van der Waals surface area contributed by atoms with Crippen LogP contribution in [0.25, 0.3) is 0 Å². The van der Waals surface area contributed by atoms with Crippen molar-refractivity contribution in [3.8, 4) is 5.75 Å². The van der Waals surface area contributed by atoms with E-state index in [1.165, 1.54) is 26.0 Å². The van der Waals surface area contributed by atoms with E-state index in [4.69, 9.17) is 4.74 Å². The number of hydrogen-bond acceptors (Lipinski definition) is 3. The van der Waals surface area contributed by atoms with Crippen molar-refractivity contribution in [1.29, 1.82) is 0 Å². The third-order valence-electron chi connectivity index (χ3n) is 3.40. The van der Waals surface area contributed by atoms with E-state index in [9.17, 15) is 18.0 Å². The molecule has 0 radical (unpaired) electrons. The van der Waals surface area contributed by atoms with Gasteiger partial charge in [0.15, 0.2) is 5.69 Å². The van der Waals surface area contributed by atoms with Crippen LogP contribution in [0.2, 0.25) is 0 Å². The highest BCUT2D eigenvalue weighted by Crippen LogP contribution is 2.31. The molecule has 0 saturated carbocycles. The van der Waals surface area contributed by atoms with Crippen LogP contribution < -0.4 is 4.74 Å². The SMILES string of the molecule is COc1cccc(CN(C)C(=O)c2n[nH]c(C(F)(F)F)c2C)c1. The number of rotatable bonds is 4. The first-order valence-corrected chi connectivity index (χ1v) is 6.74. The Morgan fingerprint density at radius 1 is 1.39 bits per heavy atom. The molecule has 8 heteroatoms. The van der Waals surface area contributed by atoms with Crippen LogP contribution in [0.4, 0.5) is 13.2 Å². The predicted molar refractivity (Wildman–Crippen MR) is 77.1 cm³/mol. The van der Waals surface area contributed by atoms with Crippen molar-refractivity contribution < 1.29 is 22.7 Å². The number of H-pyrrole nitrogens is 1. The number of aromatic nitrogens is 2. The molecule has 1 aromatic heterocycles. The van der Waals surface area contributed by atoms with E-state index in [2.05, 4.69) is 5.10 Å². The highest BCUT2D eigenvalue weighted by molar-refractivity contribution is 5.93. The van der Waals surface area contributed by atoms with Crippen molar-refractivity contribution in [3.63, 3.8) is 0 Å². The molecule has 0 fully saturated rings. The summed E-state index contributed by atoms with van der Waals surface area (Å²) in [7, 11) is 3.03. The Kier molecular flexibility index (Phi) is 4.63. The van der Waals surface area contributed by atoms with E-state index in [0.717, 1.165) is 5.56 Å². The van der Waals surface area contributed by atoms with Gasteiger partial charge in [-0.05, 0) is 24.6 Å². The fraction of sp³-hybridized carbons (Fsp3) is 0.333. The summed E-state index contributed by atoms with van der Waals surface area (Å²) in [5.74, 6) is 0.0516. The number of alkyl halides is 3. The van der Waals surface area contributed by atoms with Gasteiger partial charge in [0, 0.05) is 19.2 Å².